The molecule has 1 spiro atoms. The molecule has 4 rings (SSSR count). The van der Waals surface area contributed by atoms with Crippen LogP contribution in [0.2, 0.25) is 0 Å². The van der Waals surface area contributed by atoms with E-state index in [0.717, 1.165) is 16.7 Å². The highest BCUT2D eigenvalue weighted by Crippen LogP contribution is 2.44. The predicted molar refractivity (Wildman–Crippen MR) is 114 cm³/mol. The lowest BCUT2D eigenvalue weighted by molar-refractivity contribution is -0.133. The SMILES string of the molecule is Cc1c(C#N)cccc1-c1ccc(C(=O)N2CC3(C[C@H]2C(C)O)C(=O)CCC3=O)cc1. The summed E-state index contributed by atoms with van der Waals surface area (Å²) in [5.41, 5.74) is 2.55. The molecule has 1 amide bonds. The van der Waals surface area contributed by atoms with Crippen LogP contribution >= 0.6 is 0 Å². The van der Waals surface area contributed by atoms with E-state index in [1.807, 2.05) is 31.2 Å². The van der Waals surface area contributed by atoms with Crippen molar-refractivity contribution in [2.45, 2.75) is 45.3 Å². The maximum atomic E-state index is 13.3. The molecule has 2 aromatic carbocycles. The standard InChI is InChI=1S/C25H24N2O4/c1-15-19(13-26)4-3-5-20(15)17-6-8-18(9-7-17)24(31)27-14-25(12-21(27)16(2)28)22(29)10-11-23(25)30/h3-9,16,21,28H,10-12,14H2,1-2H3/t16?,21-/m0/s1. The molecular formula is C25H24N2O4. The molecule has 1 aliphatic heterocycles. The van der Waals surface area contributed by atoms with Crippen molar-refractivity contribution in [2.75, 3.05) is 6.54 Å². The van der Waals surface area contributed by atoms with E-state index in [0.29, 0.717) is 11.1 Å². The summed E-state index contributed by atoms with van der Waals surface area (Å²) in [5, 5.41) is 19.5. The Morgan fingerprint density at radius 2 is 1.81 bits per heavy atom. The van der Waals surface area contributed by atoms with Gasteiger partial charge in [0.25, 0.3) is 5.91 Å². The van der Waals surface area contributed by atoms with Gasteiger partial charge in [0.05, 0.1) is 23.8 Å². The second-order valence-electron chi connectivity index (χ2n) is 8.54. The molecule has 1 heterocycles. The molecule has 0 radical (unpaired) electrons. The average molecular weight is 416 g/mol. The Hall–Kier alpha value is -3.30. The Morgan fingerprint density at radius 1 is 1.16 bits per heavy atom. The van der Waals surface area contributed by atoms with E-state index in [1.54, 1.807) is 25.1 Å². The first kappa shape index (κ1) is 21.0. The average Bonchev–Trinajstić information content (AvgIpc) is 3.31. The maximum Gasteiger partial charge on any atom is 0.254 e. The Bertz CT molecular complexity index is 1100. The van der Waals surface area contributed by atoms with E-state index in [-0.39, 0.29) is 43.3 Å². The fraction of sp³-hybridized carbons (Fsp3) is 0.360. The van der Waals surface area contributed by atoms with Crippen LogP contribution < -0.4 is 0 Å². The van der Waals surface area contributed by atoms with Gasteiger partial charge in [-0.3, -0.25) is 14.4 Å². The Balaban J connectivity index is 1.63. The van der Waals surface area contributed by atoms with Gasteiger partial charge < -0.3 is 10.0 Å². The Labute approximate surface area is 181 Å². The highest BCUT2D eigenvalue weighted by molar-refractivity contribution is 6.14. The number of Topliss-reactive ketones (excluding diaryl/α,β-unsaturated/α-hetero) is 2. The molecule has 6 heteroatoms. The van der Waals surface area contributed by atoms with Crippen molar-refractivity contribution in [2.24, 2.45) is 5.41 Å². The summed E-state index contributed by atoms with van der Waals surface area (Å²) in [6.07, 6.45) is -0.237. The van der Waals surface area contributed by atoms with Crippen molar-refractivity contribution in [1.29, 1.82) is 5.26 Å². The van der Waals surface area contributed by atoms with Crippen LogP contribution in [0, 0.1) is 23.7 Å². The molecule has 1 saturated carbocycles. The van der Waals surface area contributed by atoms with Crippen molar-refractivity contribution in [3.8, 4) is 17.2 Å². The zero-order valence-electron chi connectivity index (χ0n) is 17.6. The Kier molecular flexibility index (Phi) is 5.24. The van der Waals surface area contributed by atoms with E-state index in [1.165, 1.54) is 4.90 Å². The second kappa shape index (κ2) is 7.75. The molecule has 2 fully saturated rings. The van der Waals surface area contributed by atoms with Crippen LogP contribution in [0.25, 0.3) is 11.1 Å². The Morgan fingerprint density at radius 3 is 2.39 bits per heavy atom. The van der Waals surface area contributed by atoms with Crippen molar-refractivity contribution in [3.05, 3.63) is 59.2 Å². The molecule has 158 valence electrons. The summed E-state index contributed by atoms with van der Waals surface area (Å²) in [6, 6.07) is 14.2. The largest absolute Gasteiger partial charge is 0.391 e. The monoisotopic (exact) mass is 416 g/mol. The number of ketones is 2. The molecule has 31 heavy (non-hydrogen) atoms. The van der Waals surface area contributed by atoms with Crippen molar-refractivity contribution in [3.63, 3.8) is 0 Å². The van der Waals surface area contributed by atoms with Crippen LogP contribution in [0.4, 0.5) is 0 Å². The lowest BCUT2D eigenvalue weighted by atomic mass is 9.81. The molecule has 0 bridgehead atoms. The van der Waals surface area contributed by atoms with Crippen LogP contribution in [0.5, 0.6) is 0 Å². The summed E-state index contributed by atoms with van der Waals surface area (Å²) < 4.78 is 0. The fourth-order valence-electron chi connectivity index (χ4n) is 4.89. The van der Waals surface area contributed by atoms with E-state index >= 15 is 0 Å². The summed E-state index contributed by atoms with van der Waals surface area (Å²) in [6.45, 7) is 3.51. The molecule has 1 saturated heterocycles. The van der Waals surface area contributed by atoms with Crippen molar-refractivity contribution >= 4 is 17.5 Å². The molecule has 1 N–H and O–H groups in total. The summed E-state index contributed by atoms with van der Waals surface area (Å²) in [5.74, 6) is -0.549. The van der Waals surface area contributed by atoms with Gasteiger partial charge in [-0.15, -0.1) is 0 Å². The number of carbonyl (C=O) groups is 3. The lowest BCUT2D eigenvalue weighted by Crippen LogP contribution is -2.42. The van der Waals surface area contributed by atoms with Crippen LogP contribution in [0.3, 0.4) is 0 Å². The van der Waals surface area contributed by atoms with Gasteiger partial charge in [0.15, 0.2) is 0 Å². The van der Waals surface area contributed by atoms with Crippen LogP contribution in [-0.2, 0) is 9.59 Å². The number of benzene rings is 2. The fourth-order valence-corrected chi connectivity index (χ4v) is 4.89. The molecule has 2 aromatic rings. The minimum absolute atomic E-state index is 0.0319. The van der Waals surface area contributed by atoms with Gasteiger partial charge in [0, 0.05) is 24.9 Å². The number of aliphatic hydroxyl groups excluding tert-OH is 1. The normalized spacial score (nSPS) is 20.8. The second-order valence-corrected chi connectivity index (χ2v) is 8.54. The smallest absolute Gasteiger partial charge is 0.254 e. The summed E-state index contributed by atoms with van der Waals surface area (Å²) in [4.78, 5) is 39.8. The van der Waals surface area contributed by atoms with Gasteiger partial charge in [-0.2, -0.15) is 5.26 Å². The first-order valence-electron chi connectivity index (χ1n) is 10.4. The maximum absolute atomic E-state index is 13.3. The molecule has 2 aliphatic rings. The summed E-state index contributed by atoms with van der Waals surface area (Å²) >= 11 is 0. The number of hydrogen-bond donors (Lipinski definition) is 1. The minimum Gasteiger partial charge on any atom is -0.391 e. The number of aliphatic hydroxyl groups is 1. The minimum atomic E-state index is -1.16. The number of likely N-dealkylation sites (tertiary alicyclic amines) is 1. The number of carbonyl (C=O) groups excluding carboxylic acids is 3. The third-order valence-electron chi connectivity index (χ3n) is 6.76. The molecule has 1 aliphatic carbocycles. The van der Waals surface area contributed by atoms with Crippen LogP contribution in [0.1, 0.15) is 47.7 Å². The van der Waals surface area contributed by atoms with Crippen molar-refractivity contribution in [1.82, 2.24) is 4.90 Å². The molecule has 0 aromatic heterocycles. The van der Waals surface area contributed by atoms with Crippen molar-refractivity contribution < 1.29 is 19.5 Å². The first-order valence-corrected chi connectivity index (χ1v) is 10.4. The number of amides is 1. The zero-order chi connectivity index (χ0) is 22.3. The van der Waals surface area contributed by atoms with Gasteiger partial charge in [0.1, 0.15) is 17.0 Å². The molecular weight excluding hydrogens is 392 g/mol. The van der Waals surface area contributed by atoms with Gasteiger partial charge in [-0.05, 0) is 55.2 Å². The van der Waals surface area contributed by atoms with Crippen LogP contribution in [0.15, 0.2) is 42.5 Å². The third kappa shape index (κ3) is 3.35. The van der Waals surface area contributed by atoms with E-state index in [2.05, 4.69) is 6.07 Å². The van der Waals surface area contributed by atoms with Gasteiger partial charge >= 0.3 is 0 Å². The number of rotatable bonds is 3. The van der Waals surface area contributed by atoms with Crippen LogP contribution in [-0.4, -0.2) is 46.2 Å². The van der Waals surface area contributed by atoms with E-state index in [9.17, 15) is 24.8 Å². The van der Waals surface area contributed by atoms with E-state index < -0.39 is 17.6 Å². The zero-order valence-corrected chi connectivity index (χ0v) is 17.6. The van der Waals surface area contributed by atoms with Gasteiger partial charge in [0.2, 0.25) is 0 Å². The summed E-state index contributed by atoms with van der Waals surface area (Å²) in [7, 11) is 0. The highest BCUT2D eigenvalue weighted by Gasteiger charge is 2.58. The molecule has 2 atom stereocenters. The molecule has 6 nitrogen and oxygen atoms in total. The first-order chi connectivity index (χ1) is 14.8. The highest BCUT2D eigenvalue weighted by atomic mass is 16.3. The topological polar surface area (TPSA) is 98.5 Å². The lowest BCUT2D eigenvalue weighted by Gasteiger charge is -2.26. The predicted octanol–water partition coefficient (Wildman–Crippen LogP) is 3.05. The third-order valence-corrected chi connectivity index (χ3v) is 6.76. The van der Waals surface area contributed by atoms with E-state index in [4.69, 9.17) is 0 Å². The van der Waals surface area contributed by atoms with Gasteiger partial charge in [-0.1, -0.05) is 24.3 Å². The quantitative estimate of drug-likeness (QED) is 0.776. The number of nitrogens with zero attached hydrogens (tertiary/aromatic N) is 2. The number of hydrogen-bond acceptors (Lipinski definition) is 5. The number of nitriles is 1. The van der Waals surface area contributed by atoms with Gasteiger partial charge in [-0.25, -0.2) is 0 Å². The molecule has 1 unspecified atom stereocenters.